The highest BCUT2D eigenvalue weighted by Gasteiger charge is 1.94. The fourth-order valence-corrected chi connectivity index (χ4v) is 0.759. The van der Waals surface area contributed by atoms with E-state index in [9.17, 15) is 0 Å². The van der Waals surface area contributed by atoms with E-state index in [1.165, 1.54) is 0 Å². The van der Waals surface area contributed by atoms with Crippen molar-refractivity contribution in [2.45, 2.75) is 13.8 Å². The van der Waals surface area contributed by atoms with Gasteiger partial charge in [-0.2, -0.15) is 0 Å². The quantitative estimate of drug-likeness (QED) is 0.613. The summed E-state index contributed by atoms with van der Waals surface area (Å²) in [5.41, 5.74) is 8.29. The Bertz CT molecular complexity index is 215. The van der Waals surface area contributed by atoms with Gasteiger partial charge in [-0.3, -0.25) is 0 Å². The van der Waals surface area contributed by atoms with Crippen molar-refractivity contribution in [1.82, 2.24) is 0 Å². The third-order valence-electron chi connectivity index (χ3n) is 1.28. The van der Waals surface area contributed by atoms with Crippen molar-refractivity contribution in [3.8, 4) is 0 Å². The Morgan fingerprint density at radius 1 is 1.36 bits per heavy atom. The SMILES string of the molecule is C=C/C=C\C(C(=C)N)=C(C)C. The first kappa shape index (κ1) is 9.76. The summed E-state index contributed by atoms with van der Waals surface area (Å²) in [4.78, 5) is 0. The summed E-state index contributed by atoms with van der Waals surface area (Å²) in [5, 5.41) is 0. The van der Waals surface area contributed by atoms with E-state index in [1.807, 2.05) is 26.0 Å². The van der Waals surface area contributed by atoms with Gasteiger partial charge in [0.05, 0.1) is 0 Å². The molecule has 0 aromatic carbocycles. The van der Waals surface area contributed by atoms with Crippen LogP contribution < -0.4 is 5.73 Å². The van der Waals surface area contributed by atoms with E-state index in [2.05, 4.69) is 13.2 Å². The summed E-state index contributed by atoms with van der Waals surface area (Å²) in [5.74, 6) is 0. The van der Waals surface area contributed by atoms with E-state index in [0.29, 0.717) is 5.70 Å². The second kappa shape index (κ2) is 4.56. The highest BCUT2D eigenvalue weighted by atomic mass is 14.6. The smallest absolute Gasteiger partial charge is 0.0313 e. The standard InChI is InChI=1S/C10H15N/c1-5-6-7-10(8(2)3)9(4)11/h5-7H,1,4,11H2,2-3H3/b7-6-. The van der Waals surface area contributed by atoms with Crippen LogP contribution in [0.2, 0.25) is 0 Å². The molecule has 0 aromatic rings. The van der Waals surface area contributed by atoms with Gasteiger partial charge < -0.3 is 5.73 Å². The van der Waals surface area contributed by atoms with Gasteiger partial charge in [-0.1, -0.05) is 37.0 Å². The van der Waals surface area contributed by atoms with Crippen molar-refractivity contribution >= 4 is 0 Å². The van der Waals surface area contributed by atoms with Crippen LogP contribution in [0.25, 0.3) is 0 Å². The molecule has 60 valence electrons. The van der Waals surface area contributed by atoms with Gasteiger partial charge >= 0.3 is 0 Å². The molecule has 1 heteroatoms. The van der Waals surface area contributed by atoms with E-state index in [-0.39, 0.29) is 0 Å². The summed E-state index contributed by atoms with van der Waals surface area (Å²) in [6, 6.07) is 0. The lowest BCUT2D eigenvalue weighted by Gasteiger charge is -2.02. The lowest BCUT2D eigenvalue weighted by atomic mass is 10.1. The minimum absolute atomic E-state index is 0.600. The summed E-state index contributed by atoms with van der Waals surface area (Å²) < 4.78 is 0. The van der Waals surface area contributed by atoms with E-state index < -0.39 is 0 Å². The van der Waals surface area contributed by atoms with Crippen molar-refractivity contribution in [2.24, 2.45) is 5.73 Å². The molecular formula is C10H15N. The zero-order valence-electron chi connectivity index (χ0n) is 7.22. The molecule has 0 aliphatic heterocycles. The highest BCUT2D eigenvalue weighted by molar-refractivity contribution is 5.39. The lowest BCUT2D eigenvalue weighted by molar-refractivity contribution is 1.26. The fraction of sp³-hybridized carbons (Fsp3) is 0.200. The van der Waals surface area contributed by atoms with Crippen molar-refractivity contribution in [3.63, 3.8) is 0 Å². The Morgan fingerprint density at radius 3 is 2.18 bits per heavy atom. The van der Waals surface area contributed by atoms with Crippen LogP contribution in [0.5, 0.6) is 0 Å². The highest BCUT2D eigenvalue weighted by Crippen LogP contribution is 2.09. The number of rotatable bonds is 3. The molecule has 0 aromatic heterocycles. The Balaban J connectivity index is 4.64. The van der Waals surface area contributed by atoms with Gasteiger partial charge in [0, 0.05) is 5.70 Å². The molecule has 0 rings (SSSR count). The first-order valence-corrected chi connectivity index (χ1v) is 3.51. The molecule has 0 fully saturated rings. The number of hydrogen-bond acceptors (Lipinski definition) is 1. The Labute approximate surface area is 68.6 Å². The Kier molecular flexibility index (Phi) is 4.04. The van der Waals surface area contributed by atoms with Crippen molar-refractivity contribution in [3.05, 3.63) is 48.2 Å². The first-order chi connectivity index (χ1) is 5.09. The summed E-state index contributed by atoms with van der Waals surface area (Å²) in [7, 11) is 0. The van der Waals surface area contributed by atoms with Gasteiger partial charge in [0.2, 0.25) is 0 Å². The third kappa shape index (κ3) is 3.46. The van der Waals surface area contributed by atoms with Crippen molar-refractivity contribution in [2.75, 3.05) is 0 Å². The molecule has 0 unspecified atom stereocenters. The lowest BCUT2D eigenvalue weighted by Crippen LogP contribution is -1.98. The molecule has 11 heavy (non-hydrogen) atoms. The van der Waals surface area contributed by atoms with Gasteiger partial charge in [-0.25, -0.2) is 0 Å². The zero-order chi connectivity index (χ0) is 8.85. The monoisotopic (exact) mass is 149 g/mol. The van der Waals surface area contributed by atoms with Crippen LogP contribution in [0.15, 0.2) is 48.2 Å². The number of hydrogen-bond donors (Lipinski definition) is 1. The Hall–Kier alpha value is -1.24. The Morgan fingerprint density at radius 2 is 1.91 bits per heavy atom. The van der Waals surface area contributed by atoms with E-state index in [1.54, 1.807) is 6.08 Å². The average Bonchev–Trinajstić information content (AvgIpc) is 1.87. The summed E-state index contributed by atoms with van der Waals surface area (Å²) >= 11 is 0. The second-order valence-electron chi connectivity index (χ2n) is 2.53. The summed E-state index contributed by atoms with van der Waals surface area (Å²) in [6.45, 7) is 11.2. The summed E-state index contributed by atoms with van der Waals surface area (Å²) in [6.07, 6.45) is 5.47. The van der Waals surface area contributed by atoms with Crippen LogP contribution in [0, 0.1) is 0 Å². The number of allylic oxidation sites excluding steroid dienone is 4. The fourth-order valence-electron chi connectivity index (χ4n) is 0.759. The third-order valence-corrected chi connectivity index (χ3v) is 1.28. The largest absolute Gasteiger partial charge is 0.399 e. The molecule has 0 atom stereocenters. The predicted octanol–water partition coefficient (Wildman–Crippen LogP) is 2.54. The van der Waals surface area contributed by atoms with Crippen LogP contribution in [-0.2, 0) is 0 Å². The minimum atomic E-state index is 0.600. The normalized spacial score (nSPS) is 9.64. The molecule has 0 spiro atoms. The molecule has 0 saturated carbocycles. The molecule has 0 radical (unpaired) electrons. The topological polar surface area (TPSA) is 26.0 Å². The molecule has 0 bridgehead atoms. The maximum atomic E-state index is 5.54. The molecule has 1 nitrogen and oxygen atoms in total. The van der Waals surface area contributed by atoms with E-state index in [4.69, 9.17) is 5.73 Å². The van der Waals surface area contributed by atoms with Crippen LogP contribution in [-0.4, -0.2) is 0 Å². The van der Waals surface area contributed by atoms with Gasteiger partial charge in [0.1, 0.15) is 0 Å². The molecule has 2 N–H and O–H groups in total. The number of nitrogens with two attached hydrogens (primary N) is 1. The first-order valence-electron chi connectivity index (χ1n) is 3.51. The van der Waals surface area contributed by atoms with Crippen LogP contribution in [0.1, 0.15) is 13.8 Å². The molecule has 0 saturated heterocycles. The van der Waals surface area contributed by atoms with Crippen molar-refractivity contribution in [1.29, 1.82) is 0 Å². The van der Waals surface area contributed by atoms with Crippen LogP contribution in [0.4, 0.5) is 0 Å². The molecular weight excluding hydrogens is 134 g/mol. The van der Waals surface area contributed by atoms with Gasteiger partial charge in [0.25, 0.3) is 0 Å². The van der Waals surface area contributed by atoms with Crippen molar-refractivity contribution < 1.29 is 0 Å². The maximum absolute atomic E-state index is 5.54. The van der Waals surface area contributed by atoms with E-state index >= 15 is 0 Å². The van der Waals surface area contributed by atoms with Crippen LogP contribution in [0.3, 0.4) is 0 Å². The average molecular weight is 149 g/mol. The molecule has 0 amide bonds. The minimum Gasteiger partial charge on any atom is -0.399 e. The zero-order valence-corrected chi connectivity index (χ0v) is 7.22. The molecule has 0 aliphatic rings. The maximum Gasteiger partial charge on any atom is 0.0313 e. The molecule has 0 aliphatic carbocycles. The van der Waals surface area contributed by atoms with Gasteiger partial charge in [-0.15, -0.1) is 0 Å². The second-order valence-corrected chi connectivity index (χ2v) is 2.53. The van der Waals surface area contributed by atoms with Gasteiger partial charge in [-0.05, 0) is 19.4 Å². The molecule has 0 heterocycles. The van der Waals surface area contributed by atoms with Gasteiger partial charge in [0.15, 0.2) is 0 Å². The van der Waals surface area contributed by atoms with E-state index in [0.717, 1.165) is 11.1 Å². The predicted molar refractivity (Wildman–Crippen MR) is 51.0 cm³/mol. The van der Waals surface area contributed by atoms with Crippen LogP contribution >= 0.6 is 0 Å².